The second-order valence-corrected chi connectivity index (χ2v) is 4.22. The third-order valence-electron chi connectivity index (χ3n) is 2.83. The lowest BCUT2D eigenvalue weighted by Crippen LogP contribution is -2.42. The summed E-state index contributed by atoms with van der Waals surface area (Å²) in [5, 5.41) is 0. The number of hydrogen-bond donors (Lipinski definition) is 1. The van der Waals surface area contributed by atoms with Crippen molar-refractivity contribution in [2.75, 3.05) is 26.2 Å². The first kappa shape index (κ1) is 12.5. The molecule has 1 fully saturated rings. The SMILES string of the molecule is CCN(CC(C)CN)C(=O)C1CCCO1. The number of nitrogens with two attached hydrogens (primary N) is 1. The van der Waals surface area contributed by atoms with E-state index in [4.69, 9.17) is 10.5 Å². The number of hydrogen-bond acceptors (Lipinski definition) is 3. The second kappa shape index (κ2) is 6.08. The van der Waals surface area contributed by atoms with Crippen LogP contribution in [0.3, 0.4) is 0 Å². The van der Waals surface area contributed by atoms with Crippen molar-refractivity contribution in [1.82, 2.24) is 4.90 Å². The maximum atomic E-state index is 12.0. The molecule has 1 saturated heterocycles. The number of likely N-dealkylation sites (N-methyl/N-ethyl adjacent to an activating group) is 1. The highest BCUT2D eigenvalue weighted by molar-refractivity contribution is 5.81. The fraction of sp³-hybridized carbons (Fsp3) is 0.909. The zero-order chi connectivity index (χ0) is 11.3. The van der Waals surface area contributed by atoms with Crippen LogP contribution in [0.25, 0.3) is 0 Å². The van der Waals surface area contributed by atoms with E-state index in [2.05, 4.69) is 6.92 Å². The minimum atomic E-state index is -0.199. The van der Waals surface area contributed by atoms with Gasteiger partial charge in [-0.2, -0.15) is 0 Å². The van der Waals surface area contributed by atoms with Crippen molar-refractivity contribution < 1.29 is 9.53 Å². The number of carbonyl (C=O) groups is 1. The maximum absolute atomic E-state index is 12.0. The zero-order valence-corrected chi connectivity index (χ0v) is 9.74. The molecule has 0 aromatic rings. The van der Waals surface area contributed by atoms with Gasteiger partial charge in [-0.15, -0.1) is 0 Å². The van der Waals surface area contributed by atoms with Crippen molar-refractivity contribution >= 4 is 5.91 Å². The van der Waals surface area contributed by atoms with Crippen molar-refractivity contribution in [2.45, 2.75) is 32.8 Å². The summed E-state index contributed by atoms with van der Waals surface area (Å²) < 4.78 is 5.39. The number of rotatable bonds is 5. The monoisotopic (exact) mass is 214 g/mol. The molecular formula is C11H22N2O2. The van der Waals surface area contributed by atoms with E-state index in [0.717, 1.165) is 32.5 Å². The molecule has 0 aliphatic carbocycles. The highest BCUT2D eigenvalue weighted by Gasteiger charge is 2.27. The van der Waals surface area contributed by atoms with Crippen LogP contribution < -0.4 is 5.73 Å². The van der Waals surface area contributed by atoms with Crippen LogP contribution in [-0.2, 0) is 9.53 Å². The van der Waals surface area contributed by atoms with E-state index in [-0.39, 0.29) is 12.0 Å². The molecule has 1 aliphatic heterocycles. The Morgan fingerprint density at radius 2 is 2.40 bits per heavy atom. The molecule has 15 heavy (non-hydrogen) atoms. The fourth-order valence-electron chi connectivity index (χ4n) is 1.80. The topological polar surface area (TPSA) is 55.6 Å². The summed E-state index contributed by atoms with van der Waals surface area (Å²) in [6.07, 6.45) is 1.67. The Balaban J connectivity index is 2.45. The second-order valence-electron chi connectivity index (χ2n) is 4.22. The molecule has 1 rings (SSSR count). The van der Waals surface area contributed by atoms with Gasteiger partial charge in [0.25, 0.3) is 5.91 Å². The summed E-state index contributed by atoms with van der Waals surface area (Å²) in [5.74, 6) is 0.491. The van der Waals surface area contributed by atoms with E-state index in [9.17, 15) is 4.79 Å². The van der Waals surface area contributed by atoms with Crippen LogP contribution in [0.2, 0.25) is 0 Å². The first-order valence-corrected chi connectivity index (χ1v) is 5.79. The highest BCUT2D eigenvalue weighted by atomic mass is 16.5. The average molecular weight is 214 g/mol. The van der Waals surface area contributed by atoms with E-state index in [0.29, 0.717) is 12.5 Å². The molecule has 0 bridgehead atoms. The van der Waals surface area contributed by atoms with E-state index < -0.39 is 0 Å². The van der Waals surface area contributed by atoms with Gasteiger partial charge in [0.05, 0.1) is 0 Å². The normalized spacial score (nSPS) is 22.7. The Hall–Kier alpha value is -0.610. The Labute approximate surface area is 91.8 Å². The minimum absolute atomic E-state index is 0.135. The largest absolute Gasteiger partial charge is 0.368 e. The van der Waals surface area contributed by atoms with Gasteiger partial charge >= 0.3 is 0 Å². The number of amides is 1. The molecule has 88 valence electrons. The van der Waals surface area contributed by atoms with Crippen molar-refractivity contribution in [2.24, 2.45) is 11.7 Å². The highest BCUT2D eigenvalue weighted by Crippen LogP contribution is 2.15. The van der Waals surface area contributed by atoms with Crippen molar-refractivity contribution in [3.8, 4) is 0 Å². The lowest BCUT2D eigenvalue weighted by molar-refractivity contribution is -0.141. The van der Waals surface area contributed by atoms with E-state index in [1.165, 1.54) is 0 Å². The number of nitrogens with zero attached hydrogens (tertiary/aromatic N) is 1. The third-order valence-corrected chi connectivity index (χ3v) is 2.83. The standard InChI is InChI=1S/C11H22N2O2/c1-3-13(8-9(2)7-12)11(14)10-5-4-6-15-10/h9-10H,3-8,12H2,1-2H3. The lowest BCUT2D eigenvalue weighted by atomic mass is 10.1. The lowest BCUT2D eigenvalue weighted by Gasteiger charge is -2.26. The molecule has 2 atom stereocenters. The zero-order valence-electron chi connectivity index (χ0n) is 9.74. The average Bonchev–Trinajstić information content (AvgIpc) is 2.77. The van der Waals surface area contributed by atoms with E-state index in [1.54, 1.807) is 0 Å². The number of carbonyl (C=O) groups excluding carboxylic acids is 1. The summed E-state index contributed by atoms with van der Waals surface area (Å²) in [5.41, 5.74) is 5.56. The van der Waals surface area contributed by atoms with Crippen molar-refractivity contribution in [3.63, 3.8) is 0 Å². The fourth-order valence-corrected chi connectivity index (χ4v) is 1.80. The predicted molar refractivity (Wildman–Crippen MR) is 59.4 cm³/mol. The maximum Gasteiger partial charge on any atom is 0.251 e. The molecular weight excluding hydrogens is 192 g/mol. The number of ether oxygens (including phenoxy) is 1. The molecule has 2 unspecified atom stereocenters. The van der Waals surface area contributed by atoms with Gasteiger partial charge < -0.3 is 15.4 Å². The molecule has 1 aliphatic rings. The van der Waals surface area contributed by atoms with Crippen LogP contribution in [0.15, 0.2) is 0 Å². The summed E-state index contributed by atoms with van der Waals surface area (Å²) in [4.78, 5) is 13.8. The molecule has 1 heterocycles. The van der Waals surface area contributed by atoms with E-state index >= 15 is 0 Å². The Morgan fingerprint density at radius 1 is 1.67 bits per heavy atom. The van der Waals surface area contributed by atoms with Gasteiger partial charge in [-0.25, -0.2) is 0 Å². The summed E-state index contributed by atoms with van der Waals surface area (Å²) in [6, 6.07) is 0. The molecule has 0 radical (unpaired) electrons. The van der Waals surface area contributed by atoms with Crippen LogP contribution in [0, 0.1) is 5.92 Å². The molecule has 4 heteroatoms. The van der Waals surface area contributed by atoms with Crippen LogP contribution in [0.4, 0.5) is 0 Å². The van der Waals surface area contributed by atoms with Crippen LogP contribution in [0.1, 0.15) is 26.7 Å². The first-order valence-electron chi connectivity index (χ1n) is 5.79. The van der Waals surface area contributed by atoms with Crippen LogP contribution >= 0.6 is 0 Å². The molecule has 1 amide bonds. The third kappa shape index (κ3) is 3.47. The Kier molecular flexibility index (Phi) is 5.05. The summed E-state index contributed by atoms with van der Waals surface area (Å²) in [7, 11) is 0. The summed E-state index contributed by atoms with van der Waals surface area (Å²) >= 11 is 0. The molecule has 4 nitrogen and oxygen atoms in total. The van der Waals surface area contributed by atoms with Gasteiger partial charge in [0.1, 0.15) is 6.10 Å². The van der Waals surface area contributed by atoms with Crippen molar-refractivity contribution in [1.29, 1.82) is 0 Å². The molecule has 0 spiro atoms. The van der Waals surface area contributed by atoms with Gasteiger partial charge in [0, 0.05) is 19.7 Å². The quantitative estimate of drug-likeness (QED) is 0.729. The Bertz CT molecular complexity index is 203. The van der Waals surface area contributed by atoms with Gasteiger partial charge in [0.15, 0.2) is 0 Å². The smallest absolute Gasteiger partial charge is 0.251 e. The van der Waals surface area contributed by atoms with Gasteiger partial charge in [-0.05, 0) is 32.2 Å². The van der Waals surface area contributed by atoms with Crippen LogP contribution in [-0.4, -0.2) is 43.2 Å². The minimum Gasteiger partial charge on any atom is -0.368 e. The molecule has 0 aromatic carbocycles. The van der Waals surface area contributed by atoms with Gasteiger partial charge in [-0.1, -0.05) is 6.92 Å². The Morgan fingerprint density at radius 3 is 2.87 bits per heavy atom. The first-order chi connectivity index (χ1) is 7.19. The van der Waals surface area contributed by atoms with E-state index in [1.807, 2.05) is 11.8 Å². The van der Waals surface area contributed by atoms with Gasteiger partial charge in [0.2, 0.25) is 0 Å². The van der Waals surface area contributed by atoms with Crippen LogP contribution in [0.5, 0.6) is 0 Å². The van der Waals surface area contributed by atoms with Crippen molar-refractivity contribution in [3.05, 3.63) is 0 Å². The predicted octanol–water partition coefficient (Wildman–Crippen LogP) is 0.609. The molecule has 0 saturated carbocycles. The molecule has 2 N–H and O–H groups in total. The summed E-state index contributed by atoms with van der Waals surface area (Å²) in [6.45, 7) is 6.88. The van der Waals surface area contributed by atoms with Gasteiger partial charge in [-0.3, -0.25) is 4.79 Å². The molecule has 0 aromatic heterocycles.